The molecule has 0 bridgehead atoms. The van der Waals surface area contributed by atoms with Crippen molar-refractivity contribution in [1.82, 2.24) is 20.9 Å². The molecule has 2 heterocycles. The number of thiazole rings is 1. The molecule has 0 saturated heterocycles. The summed E-state index contributed by atoms with van der Waals surface area (Å²) in [6.45, 7) is 3.22. The van der Waals surface area contributed by atoms with E-state index in [-0.39, 0.29) is 36.4 Å². The van der Waals surface area contributed by atoms with Crippen LogP contribution in [0.3, 0.4) is 0 Å². The van der Waals surface area contributed by atoms with Crippen LogP contribution in [0.25, 0.3) is 0 Å². The lowest BCUT2D eigenvalue weighted by molar-refractivity contribution is -0.120. The van der Waals surface area contributed by atoms with Gasteiger partial charge in [0.05, 0.1) is 30.1 Å². The summed E-state index contributed by atoms with van der Waals surface area (Å²) in [4.78, 5) is 20.2. The number of carbonyl (C=O) groups excluding carboxylic acids is 1. The number of hydrogen-bond donors (Lipinski definition) is 3. The molecule has 2 aromatic heterocycles. The number of carbonyl (C=O) groups is 1. The molecule has 0 aliphatic rings. The number of rotatable bonds is 7. The van der Waals surface area contributed by atoms with E-state index in [9.17, 15) is 4.79 Å². The Morgan fingerprint density at radius 3 is 2.83 bits per heavy atom. The van der Waals surface area contributed by atoms with E-state index in [0.717, 1.165) is 22.9 Å². The Morgan fingerprint density at radius 1 is 1.38 bits per heavy atom. The highest BCUT2D eigenvalue weighted by molar-refractivity contribution is 14.0. The zero-order valence-electron chi connectivity index (χ0n) is 13.7. The normalized spacial score (nSPS) is 10.8. The van der Waals surface area contributed by atoms with E-state index in [2.05, 4.69) is 31.3 Å². The largest absolute Gasteiger partial charge is 0.467 e. The van der Waals surface area contributed by atoms with Crippen LogP contribution in [-0.2, 0) is 17.8 Å². The lowest BCUT2D eigenvalue weighted by Gasteiger charge is -2.11. The Labute approximate surface area is 162 Å². The molecule has 2 rings (SSSR count). The number of nitrogens with zero attached hydrogens (tertiary/aromatic N) is 2. The molecule has 0 fully saturated rings. The Morgan fingerprint density at radius 2 is 2.21 bits per heavy atom. The number of furan rings is 1. The summed E-state index contributed by atoms with van der Waals surface area (Å²) in [5.41, 5.74) is 1.06. The van der Waals surface area contributed by atoms with Gasteiger partial charge in [-0.25, -0.2) is 4.98 Å². The predicted octanol–water partition coefficient (Wildman–Crippen LogP) is 1.69. The zero-order chi connectivity index (χ0) is 16.5. The van der Waals surface area contributed by atoms with Crippen LogP contribution in [0.15, 0.2) is 33.2 Å². The average Bonchev–Trinajstić information content (AvgIpc) is 3.20. The van der Waals surface area contributed by atoms with Gasteiger partial charge in [0.15, 0.2) is 5.96 Å². The quantitative estimate of drug-likeness (QED) is 0.330. The van der Waals surface area contributed by atoms with Crippen molar-refractivity contribution in [3.05, 3.63) is 40.2 Å². The number of nitrogens with one attached hydrogen (secondary N) is 3. The minimum Gasteiger partial charge on any atom is -0.467 e. The van der Waals surface area contributed by atoms with Gasteiger partial charge in [-0.2, -0.15) is 0 Å². The standard InChI is InChI=1S/C15H21N5O2S.HI/c1-11-20-12(10-23-11)5-6-17-15(16-2)19-9-14(21)18-8-13-4-3-7-22-13;/h3-4,7,10H,5-6,8-9H2,1-2H3,(H,18,21)(H2,16,17,19);1H. The van der Waals surface area contributed by atoms with Crippen molar-refractivity contribution >= 4 is 47.2 Å². The second kappa shape index (κ2) is 11.0. The molecule has 7 nitrogen and oxygen atoms in total. The SMILES string of the molecule is CN=C(NCCc1csc(C)n1)NCC(=O)NCc1ccco1.I. The van der Waals surface area contributed by atoms with Crippen molar-refractivity contribution in [2.24, 2.45) is 4.99 Å². The minimum atomic E-state index is -0.125. The number of hydrogen-bond acceptors (Lipinski definition) is 5. The molecule has 0 aromatic carbocycles. The van der Waals surface area contributed by atoms with Gasteiger partial charge in [0.1, 0.15) is 5.76 Å². The van der Waals surface area contributed by atoms with Crippen LogP contribution in [0.1, 0.15) is 16.5 Å². The first-order chi connectivity index (χ1) is 11.2. The molecule has 0 aliphatic carbocycles. The molecule has 0 aliphatic heterocycles. The smallest absolute Gasteiger partial charge is 0.239 e. The first-order valence-electron chi connectivity index (χ1n) is 7.32. The van der Waals surface area contributed by atoms with Crippen molar-refractivity contribution in [3.63, 3.8) is 0 Å². The minimum absolute atomic E-state index is 0. The Hall–Kier alpha value is -1.62. The van der Waals surface area contributed by atoms with Crippen LogP contribution in [0.2, 0.25) is 0 Å². The monoisotopic (exact) mass is 463 g/mol. The highest BCUT2D eigenvalue weighted by Gasteiger charge is 2.05. The highest BCUT2D eigenvalue weighted by Crippen LogP contribution is 2.07. The van der Waals surface area contributed by atoms with Crippen molar-refractivity contribution in [3.8, 4) is 0 Å². The van der Waals surface area contributed by atoms with E-state index in [1.165, 1.54) is 0 Å². The summed E-state index contributed by atoms with van der Waals surface area (Å²) in [7, 11) is 1.67. The predicted molar refractivity (Wildman–Crippen MR) is 106 cm³/mol. The third-order valence-corrected chi connectivity index (χ3v) is 3.84. The summed E-state index contributed by atoms with van der Waals surface area (Å²) in [6, 6.07) is 3.60. The van der Waals surface area contributed by atoms with Gasteiger partial charge in [-0.1, -0.05) is 0 Å². The van der Waals surface area contributed by atoms with Crippen LogP contribution >= 0.6 is 35.3 Å². The van der Waals surface area contributed by atoms with Crippen LogP contribution < -0.4 is 16.0 Å². The number of aryl methyl sites for hydroxylation is 1. The van der Waals surface area contributed by atoms with Crippen LogP contribution in [0.4, 0.5) is 0 Å². The maximum atomic E-state index is 11.7. The number of amides is 1. The fraction of sp³-hybridized carbons (Fsp3) is 0.400. The maximum Gasteiger partial charge on any atom is 0.239 e. The number of guanidine groups is 1. The number of aromatic nitrogens is 1. The fourth-order valence-electron chi connectivity index (χ4n) is 1.88. The second-order valence-corrected chi connectivity index (χ2v) is 5.88. The van der Waals surface area contributed by atoms with Crippen LogP contribution in [-0.4, -0.2) is 37.0 Å². The van der Waals surface area contributed by atoms with Crippen molar-refractivity contribution in [1.29, 1.82) is 0 Å². The Bertz CT molecular complexity index is 642. The van der Waals surface area contributed by atoms with E-state index in [0.29, 0.717) is 19.0 Å². The van der Waals surface area contributed by atoms with Gasteiger partial charge < -0.3 is 20.4 Å². The Kier molecular flexibility index (Phi) is 9.38. The van der Waals surface area contributed by atoms with Gasteiger partial charge in [0, 0.05) is 25.4 Å². The van der Waals surface area contributed by atoms with Gasteiger partial charge in [-0.05, 0) is 19.1 Å². The van der Waals surface area contributed by atoms with Crippen molar-refractivity contribution in [2.75, 3.05) is 20.1 Å². The molecule has 0 spiro atoms. The third-order valence-electron chi connectivity index (χ3n) is 3.02. The van der Waals surface area contributed by atoms with E-state index >= 15 is 0 Å². The highest BCUT2D eigenvalue weighted by atomic mass is 127. The van der Waals surface area contributed by atoms with Crippen molar-refractivity contribution < 1.29 is 9.21 Å². The van der Waals surface area contributed by atoms with E-state index in [1.54, 1.807) is 30.7 Å². The molecule has 24 heavy (non-hydrogen) atoms. The van der Waals surface area contributed by atoms with Gasteiger partial charge in [-0.15, -0.1) is 35.3 Å². The first-order valence-corrected chi connectivity index (χ1v) is 8.20. The summed E-state index contributed by atoms with van der Waals surface area (Å²) in [5, 5.41) is 12.0. The van der Waals surface area contributed by atoms with Crippen molar-refractivity contribution in [2.45, 2.75) is 19.9 Å². The third kappa shape index (κ3) is 7.30. The molecule has 9 heteroatoms. The van der Waals surface area contributed by atoms with E-state index < -0.39 is 0 Å². The van der Waals surface area contributed by atoms with E-state index in [4.69, 9.17) is 4.42 Å². The lowest BCUT2D eigenvalue weighted by Crippen LogP contribution is -2.43. The lowest BCUT2D eigenvalue weighted by atomic mass is 10.3. The first kappa shape index (κ1) is 20.4. The van der Waals surface area contributed by atoms with Crippen LogP contribution in [0.5, 0.6) is 0 Å². The Balaban J connectivity index is 0.00000288. The van der Waals surface area contributed by atoms with Gasteiger partial charge in [0.25, 0.3) is 0 Å². The second-order valence-electron chi connectivity index (χ2n) is 4.82. The van der Waals surface area contributed by atoms with Gasteiger partial charge >= 0.3 is 0 Å². The zero-order valence-corrected chi connectivity index (χ0v) is 16.8. The molecule has 0 unspecified atom stereocenters. The number of aliphatic imine (C=N–C) groups is 1. The molecular weight excluding hydrogens is 441 g/mol. The summed E-state index contributed by atoms with van der Waals surface area (Å²) >= 11 is 1.64. The molecule has 0 atom stereocenters. The summed E-state index contributed by atoms with van der Waals surface area (Å²) in [5.74, 6) is 1.18. The molecule has 2 aromatic rings. The topological polar surface area (TPSA) is 91.5 Å². The molecule has 0 saturated carbocycles. The van der Waals surface area contributed by atoms with E-state index in [1.807, 2.05) is 13.0 Å². The fourth-order valence-corrected chi connectivity index (χ4v) is 2.53. The number of halogens is 1. The van der Waals surface area contributed by atoms with Gasteiger partial charge in [-0.3, -0.25) is 9.79 Å². The molecule has 3 N–H and O–H groups in total. The summed E-state index contributed by atoms with van der Waals surface area (Å²) in [6.07, 6.45) is 2.39. The molecular formula is C15H22IN5O2S. The molecule has 0 radical (unpaired) electrons. The molecule has 132 valence electrons. The molecule has 1 amide bonds. The maximum absolute atomic E-state index is 11.7. The average molecular weight is 463 g/mol. The van der Waals surface area contributed by atoms with Gasteiger partial charge in [0.2, 0.25) is 5.91 Å². The summed E-state index contributed by atoms with van der Waals surface area (Å²) < 4.78 is 5.15. The van der Waals surface area contributed by atoms with Crippen LogP contribution in [0, 0.1) is 6.92 Å².